The van der Waals surface area contributed by atoms with Crippen molar-refractivity contribution in [3.63, 3.8) is 0 Å². The molecule has 1 aromatic heterocycles. The van der Waals surface area contributed by atoms with Crippen molar-refractivity contribution in [3.8, 4) is 11.3 Å². The number of amides is 1. The number of anilines is 2. The Bertz CT molecular complexity index is 744. The number of benzene rings is 1. The second kappa shape index (κ2) is 10.6. The van der Waals surface area contributed by atoms with Crippen LogP contribution in [-0.2, 0) is 4.79 Å². The molecule has 0 unspecified atom stereocenters. The summed E-state index contributed by atoms with van der Waals surface area (Å²) in [7, 11) is 1.77. The number of rotatable bonds is 4. The van der Waals surface area contributed by atoms with Crippen LogP contribution in [0.2, 0.25) is 0 Å². The van der Waals surface area contributed by atoms with E-state index in [0.717, 1.165) is 48.9 Å². The van der Waals surface area contributed by atoms with Crippen LogP contribution in [0.4, 0.5) is 11.5 Å². The molecule has 1 aliphatic rings. The van der Waals surface area contributed by atoms with E-state index in [-0.39, 0.29) is 30.7 Å². The smallest absolute Gasteiger partial charge is 0.223 e. The maximum atomic E-state index is 11.4. The summed E-state index contributed by atoms with van der Waals surface area (Å²) in [4.78, 5) is 27.0. The fourth-order valence-electron chi connectivity index (χ4n) is 3.14. The quantitative estimate of drug-likeness (QED) is 0.749. The molecular formula is C20H29Cl2N5O. The summed E-state index contributed by atoms with van der Waals surface area (Å²) in [6.07, 6.45) is 3.68. The summed E-state index contributed by atoms with van der Waals surface area (Å²) < 4.78 is 0. The third kappa shape index (κ3) is 5.56. The summed E-state index contributed by atoms with van der Waals surface area (Å²) in [5.41, 5.74) is 2.70. The molecule has 0 atom stereocenters. The molecule has 0 spiro atoms. The van der Waals surface area contributed by atoms with Crippen LogP contribution in [0.3, 0.4) is 0 Å². The van der Waals surface area contributed by atoms with Gasteiger partial charge in [-0.05, 0) is 26.0 Å². The minimum Gasteiger partial charge on any atom is -0.353 e. The van der Waals surface area contributed by atoms with Gasteiger partial charge in [0.1, 0.15) is 5.82 Å². The summed E-state index contributed by atoms with van der Waals surface area (Å²) >= 11 is 0. The molecule has 0 aliphatic carbocycles. The lowest BCUT2D eigenvalue weighted by Crippen LogP contribution is -2.49. The van der Waals surface area contributed by atoms with Gasteiger partial charge >= 0.3 is 0 Å². The Hall–Kier alpha value is -1.89. The van der Waals surface area contributed by atoms with Gasteiger partial charge < -0.3 is 9.80 Å². The molecule has 2 heterocycles. The van der Waals surface area contributed by atoms with Crippen molar-refractivity contribution in [2.24, 2.45) is 0 Å². The maximum Gasteiger partial charge on any atom is 0.223 e. The van der Waals surface area contributed by atoms with E-state index in [1.165, 1.54) is 0 Å². The summed E-state index contributed by atoms with van der Waals surface area (Å²) in [6.45, 7) is 10.1. The maximum absolute atomic E-state index is 11.4. The Labute approximate surface area is 179 Å². The highest BCUT2D eigenvalue weighted by atomic mass is 35.5. The number of aromatic nitrogens is 2. The molecule has 0 N–H and O–H groups in total. The van der Waals surface area contributed by atoms with Gasteiger partial charge in [-0.3, -0.25) is 14.7 Å². The van der Waals surface area contributed by atoms with Crippen molar-refractivity contribution in [2.75, 3.05) is 43.0 Å². The molecule has 1 aromatic carbocycles. The topological polar surface area (TPSA) is 52.6 Å². The van der Waals surface area contributed by atoms with Crippen LogP contribution >= 0.6 is 24.8 Å². The number of carbonyl (C=O) groups is 1. The molecule has 0 bridgehead atoms. The second-order valence-corrected chi connectivity index (χ2v) is 7.00. The Morgan fingerprint density at radius 1 is 1.00 bits per heavy atom. The van der Waals surface area contributed by atoms with Crippen LogP contribution in [0.1, 0.15) is 20.8 Å². The van der Waals surface area contributed by atoms with Crippen molar-refractivity contribution in [2.45, 2.75) is 26.8 Å². The first-order chi connectivity index (χ1) is 12.5. The third-order valence-corrected chi connectivity index (χ3v) is 5.03. The number of hydrogen-bond donors (Lipinski definition) is 0. The van der Waals surface area contributed by atoms with Gasteiger partial charge in [0, 0.05) is 57.4 Å². The molecule has 154 valence electrons. The van der Waals surface area contributed by atoms with Crippen LogP contribution in [0, 0.1) is 0 Å². The predicted molar refractivity (Wildman–Crippen MR) is 120 cm³/mol. The van der Waals surface area contributed by atoms with Crippen LogP contribution < -0.4 is 9.80 Å². The summed E-state index contributed by atoms with van der Waals surface area (Å²) in [5, 5.41) is 0. The molecular weight excluding hydrogens is 397 g/mol. The van der Waals surface area contributed by atoms with Gasteiger partial charge in [0.15, 0.2) is 0 Å². The third-order valence-electron chi connectivity index (χ3n) is 5.03. The lowest BCUT2D eigenvalue weighted by atomic mass is 10.1. The zero-order chi connectivity index (χ0) is 18.7. The number of piperazine rings is 1. The SMILES string of the molecule is CC(=O)N(C)c1ccc(-c2cnc(N3CCN(C(C)C)CC3)cn2)cc1.Cl.Cl. The van der Waals surface area contributed by atoms with Gasteiger partial charge in [-0.25, -0.2) is 4.98 Å². The highest BCUT2D eigenvalue weighted by molar-refractivity contribution is 5.91. The van der Waals surface area contributed by atoms with Crippen molar-refractivity contribution in [3.05, 3.63) is 36.7 Å². The van der Waals surface area contributed by atoms with Crippen molar-refractivity contribution < 1.29 is 4.79 Å². The van der Waals surface area contributed by atoms with E-state index in [9.17, 15) is 4.79 Å². The standard InChI is InChI=1S/C20H27N5O.2ClH/c1-15(2)24-9-11-25(12-10-24)20-14-21-19(13-22-20)17-5-7-18(8-6-17)23(4)16(3)26;;/h5-8,13-15H,9-12H2,1-4H3;2*1H. The van der Waals surface area contributed by atoms with E-state index in [2.05, 4.69) is 33.6 Å². The van der Waals surface area contributed by atoms with E-state index in [0.29, 0.717) is 6.04 Å². The zero-order valence-corrected chi connectivity index (χ0v) is 18.5. The number of nitrogens with zero attached hydrogens (tertiary/aromatic N) is 5. The second-order valence-electron chi connectivity index (χ2n) is 7.00. The van der Waals surface area contributed by atoms with Gasteiger partial charge in [-0.1, -0.05) is 12.1 Å². The Balaban J connectivity index is 0.00000196. The van der Waals surface area contributed by atoms with Gasteiger partial charge in [0.25, 0.3) is 0 Å². The Morgan fingerprint density at radius 2 is 1.61 bits per heavy atom. The molecule has 8 heteroatoms. The van der Waals surface area contributed by atoms with Gasteiger partial charge in [0.05, 0.1) is 18.1 Å². The fraction of sp³-hybridized carbons (Fsp3) is 0.450. The molecule has 3 rings (SSSR count). The normalized spacial score (nSPS) is 14.2. The average Bonchev–Trinajstić information content (AvgIpc) is 2.67. The molecule has 2 aromatic rings. The minimum atomic E-state index is 0. The van der Waals surface area contributed by atoms with Gasteiger partial charge in [0.2, 0.25) is 5.91 Å². The molecule has 1 aliphatic heterocycles. The van der Waals surface area contributed by atoms with Gasteiger partial charge in [-0.15, -0.1) is 24.8 Å². The number of hydrogen-bond acceptors (Lipinski definition) is 5. The highest BCUT2D eigenvalue weighted by Gasteiger charge is 2.19. The van der Waals surface area contributed by atoms with Crippen molar-refractivity contribution in [1.82, 2.24) is 14.9 Å². The van der Waals surface area contributed by atoms with E-state index in [1.54, 1.807) is 18.9 Å². The first kappa shape index (κ1) is 24.1. The number of halogens is 2. The molecule has 1 fully saturated rings. The molecule has 6 nitrogen and oxygen atoms in total. The largest absolute Gasteiger partial charge is 0.353 e. The highest BCUT2D eigenvalue weighted by Crippen LogP contribution is 2.22. The average molecular weight is 426 g/mol. The first-order valence-electron chi connectivity index (χ1n) is 9.11. The van der Waals surface area contributed by atoms with E-state index < -0.39 is 0 Å². The Kier molecular flexibility index (Phi) is 9.14. The van der Waals surface area contributed by atoms with E-state index >= 15 is 0 Å². The lowest BCUT2D eigenvalue weighted by molar-refractivity contribution is -0.116. The summed E-state index contributed by atoms with van der Waals surface area (Å²) in [6, 6.07) is 8.39. The van der Waals surface area contributed by atoms with E-state index in [4.69, 9.17) is 0 Å². The molecule has 0 radical (unpaired) electrons. The lowest BCUT2D eigenvalue weighted by Gasteiger charge is -2.37. The molecule has 1 amide bonds. The van der Waals surface area contributed by atoms with Crippen LogP contribution in [0.15, 0.2) is 36.7 Å². The van der Waals surface area contributed by atoms with Crippen LogP contribution in [-0.4, -0.2) is 60.0 Å². The predicted octanol–water partition coefficient (Wildman–Crippen LogP) is 3.50. The fourth-order valence-corrected chi connectivity index (χ4v) is 3.14. The molecule has 0 saturated carbocycles. The van der Waals surface area contributed by atoms with Gasteiger partial charge in [-0.2, -0.15) is 0 Å². The number of carbonyl (C=O) groups excluding carboxylic acids is 1. The summed E-state index contributed by atoms with van der Waals surface area (Å²) in [5.74, 6) is 0.949. The van der Waals surface area contributed by atoms with Crippen molar-refractivity contribution in [1.29, 1.82) is 0 Å². The monoisotopic (exact) mass is 425 g/mol. The van der Waals surface area contributed by atoms with E-state index in [1.807, 2.05) is 36.7 Å². The molecule has 1 saturated heterocycles. The molecule has 28 heavy (non-hydrogen) atoms. The zero-order valence-electron chi connectivity index (χ0n) is 16.8. The van der Waals surface area contributed by atoms with Crippen molar-refractivity contribution >= 4 is 42.2 Å². The Morgan fingerprint density at radius 3 is 2.07 bits per heavy atom. The first-order valence-corrected chi connectivity index (χ1v) is 9.11. The van der Waals surface area contributed by atoms with Crippen LogP contribution in [0.25, 0.3) is 11.3 Å². The van der Waals surface area contributed by atoms with Crippen LogP contribution in [0.5, 0.6) is 0 Å². The minimum absolute atomic E-state index is 0.